The summed E-state index contributed by atoms with van der Waals surface area (Å²) in [5.74, 6) is -3.14. The highest BCUT2D eigenvalue weighted by Crippen LogP contribution is 2.44. The van der Waals surface area contributed by atoms with Crippen LogP contribution in [-0.4, -0.2) is 154 Å². The summed E-state index contributed by atoms with van der Waals surface area (Å²) in [5, 5.41) is 50.8. The molecule has 30 heteroatoms. The molecule has 29 nitrogen and oxygen atoms in total. The van der Waals surface area contributed by atoms with Crippen LogP contribution >= 0.6 is 0 Å². The maximum atomic E-state index is 15.1. The van der Waals surface area contributed by atoms with Gasteiger partial charge in [-0.1, -0.05) is 38.1 Å². The van der Waals surface area contributed by atoms with E-state index in [1.54, 1.807) is 26.0 Å². The molecule has 0 saturated heterocycles. The Kier molecular flexibility index (Phi) is 23.3. The van der Waals surface area contributed by atoms with E-state index in [0.717, 1.165) is 0 Å². The van der Waals surface area contributed by atoms with Gasteiger partial charge in [0.25, 0.3) is 15.9 Å². The molecule has 2 aromatic heterocycles. The number of rotatable bonds is 32. The van der Waals surface area contributed by atoms with Crippen molar-refractivity contribution in [1.29, 1.82) is 0 Å². The number of anilines is 1. The van der Waals surface area contributed by atoms with Crippen LogP contribution in [0.25, 0.3) is 11.6 Å². The van der Waals surface area contributed by atoms with Gasteiger partial charge in [-0.15, -0.1) is 0 Å². The maximum absolute atomic E-state index is 15.1. The predicted octanol–water partition coefficient (Wildman–Crippen LogP) is 4.16. The Labute approximate surface area is 405 Å². The van der Waals surface area contributed by atoms with Crippen LogP contribution in [0.15, 0.2) is 71.9 Å². The number of hydrogen-bond donors (Lipinski definition) is 6. The lowest BCUT2D eigenvalue weighted by atomic mass is 9.86. The average Bonchev–Trinajstić information content (AvgIpc) is 3.34. The van der Waals surface area contributed by atoms with E-state index in [-0.39, 0.29) is 106 Å². The van der Waals surface area contributed by atoms with Gasteiger partial charge in [0.2, 0.25) is 11.6 Å². The third-order valence-corrected chi connectivity index (χ3v) is 11.0. The van der Waals surface area contributed by atoms with Gasteiger partial charge in [0, 0.05) is 30.7 Å². The first-order chi connectivity index (χ1) is 33.9. The molecule has 4 aromatic rings. The summed E-state index contributed by atoms with van der Waals surface area (Å²) in [5.41, 5.74) is -0.344. The van der Waals surface area contributed by atoms with Crippen LogP contribution in [0, 0.1) is 0 Å². The van der Waals surface area contributed by atoms with Crippen molar-refractivity contribution in [3.05, 3.63) is 72.6 Å². The molecule has 390 valence electrons. The first kappa shape index (κ1) is 57.1. The monoisotopic (exact) mass is 1030 g/mol. The number of para-hydroxylation sites is 2. The van der Waals surface area contributed by atoms with Gasteiger partial charge in [0.1, 0.15) is 19.8 Å². The molecular formula is C41H54N8O21S. The summed E-state index contributed by atoms with van der Waals surface area (Å²) in [6, 6.07) is 13.2. The molecule has 0 bridgehead atoms. The molecule has 0 amide bonds. The fourth-order valence-electron chi connectivity index (χ4n) is 5.72. The molecule has 2 heterocycles. The van der Waals surface area contributed by atoms with Gasteiger partial charge in [-0.05, 0) is 61.6 Å². The highest BCUT2D eigenvalue weighted by Gasteiger charge is 2.35. The second kappa shape index (κ2) is 29.0. The van der Waals surface area contributed by atoms with Crippen LogP contribution in [0.5, 0.6) is 23.1 Å². The summed E-state index contributed by atoms with van der Waals surface area (Å²) >= 11 is 0. The molecule has 71 heavy (non-hydrogen) atoms. The summed E-state index contributed by atoms with van der Waals surface area (Å²) in [4.78, 5) is 68.3. The van der Waals surface area contributed by atoms with E-state index in [2.05, 4.69) is 34.4 Å². The molecule has 0 spiro atoms. The molecule has 0 fully saturated rings. The standard InChI is InChI=1S/C41H54N8O21S/c1-41(2,27-65-34(51)14-9-24-69-49(57)58)29-15-17-30(18-16-29)71(59,60)46(28-66-40(52)64-21-6-7-22-67-47(53)54)38-35(70-32-12-5-4-11-31(32)61-3)39(45-37(44-38)36-42-19-10-20-43-36)63-26-25-62-33(50)13-8-23-68-48(55)56/h4-5,10-12,15-20,53-58H,6-9,13-14,21-28H2,1-3H3. The van der Waals surface area contributed by atoms with E-state index in [4.69, 9.17) is 64.4 Å². The number of carbonyl (C=O) groups excluding carboxylic acids is 3. The highest BCUT2D eigenvalue weighted by atomic mass is 32.2. The topological polar surface area (TPSA) is 364 Å². The number of esters is 2. The zero-order chi connectivity index (χ0) is 51.8. The molecule has 0 atom stereocenters. The smallest absolute Gasteiger partial charge is 0.493 e. The number of ether oxygens (including phenoxy) is 7. The zero-order valence-corrected chi connectivity index (χ0v) is 39.4. The van der Waals surface area contributed by atoms with Gasteiger partial charge in [-0.2, -0.15) is 4.98 Å². The Morgan fingerprint density at radius 3 is 1.82 bits per heavy atom. The molecular weight excluding hydrogens is 973 g/mol. The second-order valence-electron chi connectivity index (χ2n) is 14.9. The molecule has 0 unspecified atom stereocenters. The van der Waals surface area contributed by atoms with Crippen LogP contribution in [0.2, 0.25) is 0 Å². The summed E-state index contributed by atoms with van der Waals surface area (Å²) < 4.78 is 69.7. The highest BCUT2D eigenvalue weighted by molar-refractivity contribution is 7.92. The Morgan fingerprint density at radius 2 is 1.21 bits per heavy atom. The normalized spacial score (nSPS) is 11.7. The Bertz CT molecular complexity index is 2390. The summed E-state index contributed by atoms with van der Waals surface area (Å²) in [7, 11) is -3.56. The van der Waals surface area contributed by atoms with Gasteiger partial charge < -0.3 is 33.2 Å². The molecule has 4 rings (SSSR count). The number of aromatic nitrogens is 4. The van der Waals surface area contributed by atoms with Gasteiger partial charge in [0.15, 0.2) is 29.9 Å². The lowest BCUT2D eigenvalue weighted by Gasteiger charge is -2.27. The lowest BCUT2D eigenvalue weighted by molar-refractivity contribution is -0.492. The van der Waals surface area contributed by atoms with Crippen molar-refractivity contribution in [2.45, 2.75) is 62.7 Å². The van der Waals surface area contributed by atoms with Gasteiger partial charge in [-0.25, -0.2) is 32.5 Å². The van der Waals surface area contributed by atoms with E-state index in [9.17, 15) is 14.4 Å². The van der Waals surface area contributed by atoms with Crippen LogP contribution in [-0.2, 0) is 58.5 Å². The number of benzene rings is 2. The molecule has 6 N–H and O–H groups in total. The van der Waals surface area contributed by atoms with E-state index < -0.39 is 80.5 Å². The van der Waals surface area contributed by atoms with E-state index >= 15 is 8.42 Å². The largest absolute Gasteiger partial charge is 0.510 e. The molecule has 0 saturated carbocycles. The minimum Gasteiger partial charge on any atom is -0.493 e. The predicted molar refractivity (Wildman–Crippen MR) is 232 cm³/mol. The van der Waals surface area contributed by atoms with Crippen molar-refractivity contribution >= 4 is 33.9 Å². The minimum atomic E-state index is -4.91. The van der Waals surface area contributed by atoms with Crippen molar-refractivity contribution in [3.63, 3.8) is 0 Å². The quantitative estimate of drug-likeness (QED) is 0.0131. The number of sulfonamides is 1. The fraction of sp³-hybridized carbons (Fsp3) is 0.439. The minimum absolute atomic E-state index is 0.00105. The molecule has 0 aliphatic rings. The first-order valence-electron chi connectivity index (χ1n) is 21.2. The van der Waals surface area contributed by atoms with Crippen molar-refractivity contribution in [2.75, 3.05) is 64.4 Å². The zero-order valence-electron chi connectivity index (χ0n) is 38.5. The number of unbranched alkanes of at least 4 members (excludes halogenated alkanes) is 1. The maximum Gasteiger partial charge on any atom is 0.510 e. The van der Waals surface area contributed by atoms with Crippen LogP contribution < -0.4 is 18.5 Å². The SMILES string of the molecule is COc1ccccc1Oc1c(OCCOC(=O)CCCON(O)O)nc(-c2ncccn2)nc1N(COC(=O)OCCCCON(O)O)S(=O)(=O)c1ccc(C(C)(C)COC(=O)CCCON(O)O)cc1. The van der Waals surface area contributed by atoms with E-state index in [1.807, 2.05) is 0 Å². The molecule has 2 aromatic carbocycles. The van der Waals surface area contributed by atoms with Crippen molar-refractivity contribution in [1.82, 2.24) is 36.1 Å². The summed E-state index contributed by atoms with van der Waals surface area (Å²) in [6.45, 7) is 0.604. The number of hydrogen-bond acceptors (Lipinski definition) is 28. The third-order valence-electron chi connectivity index (χ3n) is 9.23. The molecule has 0 radical (unpaired) electrons. The number of methoxy groups -OCH3 is 1. The van der Waals surface area contributed by atoms with Crippen LogP contribution in [0.4, 0.5) is 10.6 Å². The first-order valence-corrected chi connectivity index (χ1v) is 22.6. The Morgan fingerprint density at radius 1 is 0.634 bits per heavy atom. The van der Waals surface area contributed by atoms with Gasteiger partial charge in [0.05, 0.1) is 54.6 Å². The number of carbonyl (C=O) groups is 3. The van der Waals surface area contributed by atoms with Crippen molar-refractivity contribution < 1.29 is 102 Å². The van der Waals surface area contributed by atoms with E-state index in [0.29, 0.717) is 9.87 Å². The summed E-state index contributed by atoms with van der Waals surface area (Å²) in [6.07, 6.45) is 1.64. The Hall–Kier alpha value is -6.52. The fourth-order valence-corrected chi connectivity index (χ4v) is 7.00. The Balaban J connectivity index is 1.77. The average molecular weight is 1030 g/mol. The van der Waals surface area contributed by atoms with Crippen molar-refractivity contribution in [2.24, 2.45) is 0 Å². The molecule has 0 aliphatic carbocycles. The lowest BCUT2D eigenvalue weighted by Crippen LogP contribution is -2.36. The van der Waals surface area contributed by atoms with Gasteiger partial charge in [-0.3, -0.25) is 55.3 Å². The molecule has 0 aliphatic heterocycles. The van der Waals surface area contributed by atoms with E-state index in [1.165, 1.54) is 62.0 Å². The van der Waals surface area contributed by atoms with Gasteiger partial charge >= 0.3 is 18.1 Å². The van der Waals surface area contributed by atoms with Crippen molar-refractivity contribution in [3.8, 4) is 34.8 Å². The van der Waals surface area contributed by atoms with Crippen LogP contribution in [0.3, 0.4) is 0 Å². The second-order valence-corrected chi connectivity index (χ2v) is 16.7. The third kappa shape index (κ3) is 19.3. The number of nitrogens with zero attached hydrogens (tertiary/aromatic N) is 8. The van der Waals surface area contributed by atoms with Crippen LogP contribution in [0.1, 0.15) is 57.9 Å².